The molecule has 1 nitrogen and oxygen atoms in total. The minimum absolute atomic E-state index is 0.307. The molecular weight excluding hydrogens is 278 g/mol. The molecule has 2 aromatic rings. The summed E-state index contributed by atoms with van der Waals surface area (Å²) in [6.45, 7) is 7.38. The Labute approximate surface area is 133 Å². The molecule has 0 saturated carbocycles. The van der Waals surface area contributed by atoms with Crippen LogP contribution in [-0.4, -0.2) is 6.54 Å². The average molecular weight is 302 g/mol. The molecule has 0 aliphatic rings. The Morgan fingerprint density at radius 2 is 1.67 bits per heavy atom. The normalized spacial score (nSPS) is 12.4. The molecule has 0 radical (unpaired) electrons. The van der Waals surface area contributed by atoms with Crippen molar-refractivity contribution in [1.82, 2.24) is 5.32 Å². The van der Waals surface area contributed by atoms with Crippen molar-refractivity contribution in [3.63, 3.8) is 0 Å². The summed E-state index contributed by atoms with van der Waals surface area (Å²) < 4.78 is 0. The molecule has 2 aromatic carbocycles. The van der Waals surface area contributed by atoms with Crippen molar-refractivity contribution in [2.75, 3.05) is 6.54 Å². The van der Waals surface area contributed by atoms with E-state index in [2.05, 4.69) is 56.4 Å². The van der Waals surface area contributed by atoms with E-state index in [0.717, 1.165) is 24.4 Å². The second kappa shape index (κ2) is 7.63. The van der Waals surface area contributed by atoms with Gasteiger partial charge in [0.15, 0.2) is 0 Å². The number of hydrogen-bond donors (Lipinski definition) is 1. The topological polar surface area (TPSA) is 12.0 Å². The van der Waals surface area contributed by atoms with Crippen LogP contribution in [0.2, 0.25) is 5.02 Å². The predicted molar refractivity (Wildman–Crippen MR) is 92.1 cm³/mol. The van der Waals surface area contributed by atoms with Gasteiger partial charge >= 0.3 is 0 Å². The number of benzene rings is 2. The molecule has 0 aromatic heterocycles. The highest BCUT2D eigenvalue weighted by atomic mass is 35.5. The largest absolute Gasteiger partial charge is 0.310 e. The summed E-state index contributed by atoms with van der Waals surface area (Å²) in [5.74, 6) is 0. The van der Waals surface area contributed by atoms with E-state index in [9.17, 15) is 0 Å². The van der Waals surface area contributed by atoms with Gasteiger partial charge in [-0.25, -0.2) is 0 Å². The van der Waals surface area contributed by atoms with E-state index in [1.54, 1.807) is 0 Å². The molecule has 1 N–H and O–H groups in total. The minimum Gasteiger partial charge on any atom is -0.310 e. The number of nitrogens with one attached hydrogen (secondary N) is 1. The molecule has 2 rings (SSSR count). The van der Waals surface area contributed by atoms with E-state index in [1.165, 1.54) is 22.3 Å². The quantitative estimate of drug-likeness (QED) is 0.782. The second-order valence-electron chi connectivity index (χ2n) is 5.44. The van der Waals surface area contributed by atoms with Gasteiger partial charge in [0.25, 0.3) is 0 Å². The summed E-state index contributed by atoms with van der Waals surface area (Å²) in [6.07, 6.45) is 2.07. The van der Waals surface area contributed by atoms with Crippen LogP contribution in [0, 0.1) is 6.92 Å². The van der Waals surface area contributed by atoms with Gasteiger partial charge in [-0.1, -0.05) is 61.8 Å². The molecule has 1 atom stereocenters. The average Bonchev–Trinajstić information content (AvgIpc) is 2.50. The van der Waals surface area contributed by atoms with Crippen molar-refractivity contribution in [1.29, 1.82) is 0 Å². The monoisotopic (exact) mass is 301 g/mol. The molecule has 0 aliphatic heterocycles. The minimum atomic E-state index is 0.307. The van der Waals surface area contributed by atoms with Crippen LogP contribution in [0.25, 0.3) is 0 Å². The van der Waals surface area contributed by atoms with Crippen molar-refractivity contribution in [3.05, 3.63) is 69.7 Å². The Balaban J connectivity index is 2.24. The molecule has 0 amide bonds. The maximum Gasteiger partial charge on any atom is 0.0438 e. The van der Waals surface area contributed by atoms with Gasteiger partial charge in [-0.2, -0.15) is 0 Å². The maximum absolute atomic E-state index is 6.27. The van der Waals surface area contributed by atoms with Crippen molar-refractivity contribution in [3.8, 4) is 0 Å². The van der Waals surface area contributed by atoms with Crippen molar-refractivity contribution in [2.45, 2.75) is 39.7 Å². The van der Waals surface area contributed by atoms with Gasteiger partial charge in [0, 0.05) is 11.1 Å². The lowest BCUT2D eigenvalue weighted by Crippen LogP contribution is -2.23. The lowest BCUT2D eigenvalue weighted by atomic mass is 9.94. The summed E-state index contributed by atoms with van der Waals surface area (Å²) >= 11 is 6.27. The standard InChI is InChI=1S/C19H24ClN/c1-4-15-9-11-16(12-10-15)13-19(21-5-2)17-7-6-8-18(20)14(17)3/h6-12,19,21H,4-5,13H2,1-3H3. The SMILES string of the molecule is CCNC(Cc1ccc(CC)cc1)c1cccc(Cl)c1C. The first-order chi connectivity index (χ1) is 10.2. The molecule has 0 bridgehead atoms. The van der Waals surface area contributed by atoms with E-state index < -0.39 is 0 Å². The van der Waals surface area contributed by atoms with Gasteiger partial charge in [-0.05, 0) is 54.6 Å². The third-order valence-electron chi connectivity index (χ3n) is 4.01. The van der Waals surface area contributed by atoms with Crippen LogP contribution >= 0.6 is 11.6 Å². The number of likely N-dealkylation sites (N-methyl/N-ethyl adjacent to an activating group) is 1. The summed E-state index contributed by atoms with van der Waals surface area (Å²) in [7, 11) is 0. The summed E-state index contributed by atoms with van der Waals surface area (Å²) in [4.78, 5) is 0. The third-order valence-corrected chi connectivity index (χ3v) is 4.42. The Morgan fingerprint density at radius 1 is 1.00 bits per heavy atom. The predicted octanol–water partition coefficient (Wildman–Crippen LogP) is 5.10. The third kappa shape index (κ3) is 4.09. The van der Waals surface area contributed by atoms with Gasteiger partial charge in [0.05, 0.1) is 0 Å². The summed E-state index contributed by atoms with van der Waals surface area (Å²) in [5, 5.41) is 4.43. The Bertz CT molecular complexity index is 575. The van der Waals surface area contributed by atoms with Crippen LogP contribution in [0.3, 0.4) is 0 Å². The molecule has 21 heavy (non-hydrogen) atoms. The fourth-order valence-corrected chi connectivity index (χ4v) is 2.87. The molecule has 1 unspecified atom stereocenters. The van der Waals surface area contributed by atoms with Crippen molar-refractivity contribution < 1.29 is 0 Å². The van der Waals surface area contributed by atoms with Gasteiger partial charge in [0.2, 0.25) is 0 Å². The van der Waals surface area contributed by atoms with Gasteiger partial charge in [0.1, 0.15) is 0 Å². The van der Waals surface area contributed by atoms with Gasteiger partial charge in [-0.15, -0.1) is 0 Å². The highest BCUT2D eigenvalue weighted by Gasteiger charge is 2.14. The molecule has 2 heteroatoms. The summed E-state index contributed by atoms with van der Waals surface area (Å²) in [6, 6.07) is 15.4. The fraction of sp³-hybridized carbons (Fsp3) is 0.368. The van der Waals surface area contributed by atoms with Gasteiger partial charge in [-0.3, -0.25) is 0 Å². The molecular formula is C19H24ClN. The highest BCUT2D eigenvalue weighted by molar-refractivity contribution is 6.31. The fourth-order valence-electron chi connectivity index (χ4n) is 2.69. The van der Waals surface area contributed by atoms with E-state index in [4.69, 9.17) is 11.6 Å². The zero-order chi connectivity index (χ0) is 15.2. The molecule has 0 spiro atoms. The van der Waals surface area contributed by atoms with Crippen LogP contribution in [-0.2, 0) is 12.8 Å². The number of halogens is 1. The van der Waals surface area contributed by atoms with Crippen LogP contribution < -0.4 is 5.32 Å². The van der Waals surface area contributed by atoms with Crippen LogP contribution in [0.15, 0.2) is 42.5 Å². The van der Waals surface area contributed by atoms with E-state index in [1.807, 2.05) is 12.1 Å². The van der Waals surface area contributed by atoms with Gasteiger partial charge < -0.3 is 5.32 Å². The zero-order valence-electron chi connectivity index (χ0n) is 13.1. The lowest BCUT2D eigenvalue weighted by Gasteiger charge is -2.21. The Kier molecular flexibility index (Phi) is 5.84. The second-order valence-corrected chi connectivity index (χ2v) is 5.85. The van der Waals surface area contributed by atoms with E-state index in [0.29, 0.717) is 6.04 Å². The number of rotatable bonds is 6. The smallest absolute Gasteiger partial charge is 0.0438 e. The Morgan fingerprint density at radius 3 is 2.29 bits per heavy atom. The maximum atomic E-state index is 6.27. The van der Waals surface area contributed by atoms with Crippen molar-refractivity contribution >= 4 is 11.6 Å². The zero-order valence-corrected chi connectivity index (χ0v) is 13.9. The van der Waals surface area contributed by atoms with E-state index >= 15 is 0 Å². The first kappa shape index (κ1) is 16.1. The molecule has 0 saturated heterocycles. The summed E-state index contributed by atoms with van der Waals surface area (Å²) in [5.41, 5.74) is 5.22. The molecule has 0 aliphatic carbocycles. The molecule has 0 heterocycles. The first-order valence-corrected chi connectivity index (χ1v) is 8.09. The van der Waals surface area contributed by atoms with Crippen LogP contribution in [0.5, 0.6) is 0 Å². The lowest BCUT2D eigenvalue weighted by molar-refractivity contribution is 0.547. The van der Waals surface area contributed by atoms with Crippen LogP contribution in [0.4, 0.5) is 0 Å². The Hall–Kier alpha value is -1.31. The highest BCUT2D eigenvalue weighted by Crippen LogP contribution is 2.26. The molecule has 0 fully saturated rings. The molecule has 112 valence electrons. The van der Waals surface area contributed by atoms with Crippen molar-refractivity contribution in [2.24, 2.45) is 0 Å². The first-order valence-electron chi connectivity index (χ1n) is 7.71. The van der Waals surface area contributed by atoms with E-state index in [-0.39, 0.29) is 0 Å². The number of aryl methyl sites for hydroxylation is 1. The number of hydrogen-bond acceptors (Lipinski definition) is 1. The van der Waals surface area contributed by atoms with Crippen LogP contribution in [0.1, 0.15) is 42.1 Å².